The lowest BCUT2D eigenvalue weighted by Crippen LogP contribution is -2.24. The van der Waals surface area contributed by atoms with E-state index in [1.807, 2.05) is 0 Å². The first-order valence-corrected chi connectivity index (χ1v) is 8.88. The number of non-ortho nitro benzene ring substituents is 1. The van der Waals surface area contributed by atoms with Gasteiger partial charge in [0.15, 0.2) is 11.5 Å². The van der Waals surface area contributed by atoms with Crippen molar-refractivity contribution in [2.45, 2.75) is 13.0 Å². The third kappa shape index (κ3) is 4.93. The summed E-state index contributed by atoms with van der Waals surface area (Å²) in [5, 5.41) is 28.5. The summed E-state index contributed by atoms with van der Waals surface area (Å²) in [6.45, 7) is 1.48. The molecule has 1 atom stereocenters. The van der Waals surface area contributed by atoms with E-state index in [1.165, 1.54) is 32.2 Å². The van der Waals surface area contributed by atoms with Crippen LogP contribution in [0, 0.1) is 20.2 Å². The van der Waals surface area contributed by atoms with E-state index in [-0.39, 0.29) is 22.8 Å². The van der Waals surface area contributed by atoms with Gasteiger partial charge in [-0.1, -0.05) is 12.1 Å². The molecule has 1 N–H and O–H groups in total. The monoisotopic (exact) mass is 427 g/mol. The van der Waals surface area contributed by atoms with Crippen molar-refractivity contribution in [3.8, 4) is 17.2 Å². The zero-order valence-electron chi connectivity index (χ0n) is 16.4. The minimum atomic E-state index is -0.911. The van der Waals surface area contributed by atoms with Crippen molar-refractivity contribution in [3.05, 3.63) is 75.1 Å². The highest BCUT2D eigenvalue weighted by atomic mass is 16.6. The molecule has 2 aromatic carbocycles. The van der Waals surface area contributed by atoms with Crippen LogP contribution in [0.3, 0.4) is 0 Å². The van der Waals surface area contributed by atoms with E-state index in [0.717, 1.165) is 17.1 Å². The normalized spacial score (nSPS) is 11.4. The van der Waals surface area contributed by atoms with Crippen molar-refractivity contribution in [1.29, 1.82) is 0 Å². The Hall–Kier alpha value is -4.48. The zero-order chi connectivity index (χ0) is 22.5. The second-order valence-corrected chi connectivity index (χ2v) is 6.33. The van der Waals surface area contributed by atoms with Crippen molar-refractivity contribution in [1.82, 2.24) is 9.78 Å². The number of hydrogen-bond donors (Lipinski definition) is 1. The van der Waals surface area contributed by atoms with Gasteiger partial charge in [0.25, 0.3) is 5.69 Å². The minimum absolute atomic E-state index is 0.108. The van der Waals surface area contributed by atoms with Gasteiger partial charge < -0.3 is 14.8 Å². The maximum absolute atomic E-state index is 12.6. The number of nitrogens with one attached hydrogen (secondary N) is 1. The second kappa shape index (κ2) is 8.90. The molecular weight excluding hydrogens is 410 g/mol. The quantitative estimate of drug-likeness (QED) is 0.422. The maximum Gasteiger partial charge on any atom is 0.307 e. The number of carbonyl (C=O) groups excluding carboxylic acids is 1. The van der Waals surface area contributed by atoms with Gasteiger partial charge >= 0.3 is 5.69 Å². The van der Waals surface area contributed by atoms with E-state index in [0.29, 0.717) is 11.5 Å². The van der Waals surface area contributed by atoms with Gasteiger partial charge in [0.05, 0.1) is 28.7 Å². The Labute approximate surface area is 175 Å². The van der Waals surface area contributed by atoms with Crippen molar-refractivity contribution >= 4 is 23.0 Å². The summed E-state index contributed by atoms with van der Waals surface area (Å²) in [4.78, 5) is 33.4. The van der Waals surface area contributed by atoms with E-state index in [2.05, 4.69) is 10.4 Å². The number of methoxy groups -OCH3 is 1. The smallest absolute Gasteiger partial charge is 0.307 e. The van der Waals surface area contributed by atoms with Crippen molar-refractivity contribution in [3.63, 3.8) is 0 Å². The van der Waals surface area contributed by atoms with Gasteiger partial charge in [0.2, 0.25) is 5.91 Å². The van der Waals surface area contributed by atoms with Crippen LogP contribution in [-0.4, -0.2) is 32.6 Å². The van der Waals surface area contributed by atoms with Crippen molar-refractivity contribution < 1.29 is 24.1 Å². The molecule has 1 unspecified atom stereocenters. The van der Waals surface area contributed by atoms with Crippen LogP contribution in [0.4, 0.5) is 17.1 Å². The Balaban J connectivity index is 1.85. The molecule has 0 aliphatic carbocycles. The Morgan fingerprint density at radius 3 is 2.39 bits per heavy atom. The van der Waals surface area contributed by atoms with Crippen LogP contribution in [-0.2, 0) is 4.79 Å². The van der Waals surface area contributed by atoms with Gasteiger partial charge in [-0.2, -0.15) is 5.10 Å². The molecule has 0 bridgehead atoms. The van der Waals surface area contributed by atoms with E-state index in [9.17, 15) is 25.0 Å². The molecule has 0 aliphatic heterocycles. The maximum atomic E-state index is 12.6. The number of benzene rings is 2. The Kier molecular flexibility index (Phi) is 6.10. The molecule has 3 aromatic rings. The summed E-state index contributed by atoms with van der Waals surface area (Å²) < 4.78 is 12.0. The van der Waals surface area contributed by atoms with Crippen LogP contribution < -0.4 is 14.8 Å². The van der Waals surface area contributed by atoms with Crippen LogP contribution in [0.25, 0.3) is 0 Å². The third-order valence-corrected chi connectivity index (χ3v) is 4.24. The van der Waals surface area contributed by atoms with E-state index >= 15 is 0 Å². The largest absolute Gasteiger partial charge is 0.493 e. The van der Waals surface area contributed by atoms with Gasteiger partial charge in [0, 0.05) is 12.1 Å². The lowest BCUT2D eigenvalue weighted by atomic mass is 10.2. The zero-order valence-corrected chi connectivity index (χ0v) is 16.4. The van der Waals surface area contributed by atoms with Crippen LogP contribution in [0.15, 0.2) is 54.9 Å². The number of amides is 1. The van der Waals surface area contributed by atoms with Gasteiger partial charge in [0.1, 0.15) is 24.2 Å². The van der Waals surface area contributed by atoms with Gasteiger partial charge in [-0.3, -0.25) is 29.7 Å². The number of carbonyl (C=O) groups is 1. The summed E-state index contributed by atoms with van der Waals surface area (Å²) in [5.74, 6) is 0.284. The summed E-state index contributed by atoms with van der Waals surface area (Å²) in [7, 11) is 1.46. The number of nitrogens with zero attached hydrogens (tertiary/aromatic N) is 4. The van der Waals surface area contributed by atoms with Crippen molar-refractivity contribution in [2.24, 2.45) is 0 Å². The van der Waals surface area contributed by atoms with Crippen molar-refractivity contribution in [2.75, 3.05) is 12.4 Å². The second-order valence-electron chi connectivity index (χ2n) is 6.33. The minimum Gasteiger partial charge on any atom is -0.493 e. The van der Waals surface area contributed by atoms with E-state index < -0.39 is 21.8 Å². The molecule has 3 rings (SSSR count). The molecule has 0 saturated carbocycles. The molecule has 0 saturated heterocycles. The molecule has 0 aliphatic rings. The summed E-state index contributed by atoms with van der Waals surface area (Å²) in [6, 6.07) is 9.63. The highest BCUT2D eigenvalue weighted by Crippen LogP contribution is 2.34. The molecule has 12 heteroatoms. The average molecular weight is 427 g/mol. The molecule has 12 nitrogen and oxygen atoms in total. The van der Waals surface area contributed by atoms with Crippen LogP contribution >= 0.6 is 0 Å². The van der Waals surface area contributed by atoms with Gasteiger partial charge in [-0.05, 0) is 19.1 Å². The molecule has 0 radical (unpaired) electrons. The van der Waals surface area contributed by atoms with Gasteiger partial charge in [-0.15, -0.1) is 0 Å². The molecular formula is C19H17N5O7. The number of ether oxygens (including phenoxy) is 2. The van der Waals surface area contributed by atoms with Crippen LogP contribution in [0.2, 0.25) is 0 Å². The molecule has 160 valence electrons. The summed E-state index contributed by atoms with van der Waals surface area (Å²) >= 11 is 0. The molecule has 0 fully saturated rings. The first-order chi connectivity index (χ1) is 14.8. The molecule has 0 spiro atoms. The number of aromatic nitrogens is 2. The molecule has 1 aromatic heterocycles. The number of anilines is 1. The van der Waals surface area contributed by atoms with E-state index in [1.54, 1.807) is 24.3 Å². The van der Waals surface area contributed by atoms with Crippen LogP contribution in [0.1, 0.15) is 13.0 Å². The Morgan fingerprint density at radius 1 is 1.10 bits per heavy atom. The summed E-state index contributed by atoms with van der Waals surface area (Å²) in [5.41, 5.74) is -0.454. The first kappa shape index (κ1) is 21.2. The standard InChI is InChI=1S/C19H17N5O7/c1-12(22-11-15(10-20-22)24(28)29)19(25)21-13-7-14(23(26)27)9-16(8-13)31-18-6-4-3-5-17(18)30-2/h3-12H,1-2H3,(H,21,25). The fraction of sp³-hybridized carbons (Fsp3) is 0.158. The predicted octanol–water partition coefficient (Wildman–Crippen LogP) is 3.70. The highest BCUT2D eigenvalue weighted by Gasteiger charge is 2.21. The lowest BCUT2D eigenvalue weighted by molar-refractivity contribution is -0.385. The topological polar surface area (TPSA) is 152 Å². The first-order valence-electron chi connectivity index (χ1n) is 8.88. The number of hydrogen-bond acceptors (Lipinski definition) is 8. The molecule has 31 heavy (non-hydrogen) atoms. The Bertz CT molecular complexity index is 1140. The number of para-hydroxylation sites is 2. The molecule has 1 heterocycles. The highest BCUT2D eigenvalue weighted by molar-refractivity contribution is 5.94. The SMILES string of the molecule is COc1ccccc1Oc1cc(NC(=O)C(C)n2cc([N+](=O)[O-])cn2)cc([N+](=O)[O-])c1. The lowest BCUT2D eigenvalue weighted by Gasteiger charge is -2.14. The van der Waals surface area contributed by atoms with E-state index in [4.69, 9.17) is 9.47 Å². The molecule has 1 amide bonds. The fourth-order valence-corrected chi connectivity index (χ4v) is 2.65. The Morgan fingerprint density at radius 2 is 1.77 bits per heavy atom. The summed E-state index contributed by atoms with van der Waals surface area (Å²) in [6.07, 6.45) is 2.14. The number of rotatable bonds is 8. The number of nitro groups is 2. The third-order valence-electron chi connectivity index (χ3n) is 4.24. The van der Waals surface area contributed by atoms with Crippen LogP contribution in [0.5, 0.6) is 17.2 Å². The number of nitro benzene ring substituents is 1. The fourth-order valence-electron chi connectivity index (χ4n) is 2.65. The van der Waals surface area contributed by atoms with Gasteiger partial charge in [-0.25, -0.2) is 0 Å². The predicted molar refractivity (Wildman–Crippen MR) is 108 cm³/mol. The average Bonchev–Trinajstić information content (AvgIpc) is 3.24.